The number of hydrogen-bond donors (Lipinski definition) is 1. The van der Waals surface area contributed by atoms with E-state index in [-0.39, 0.29) is 24.2 Å². The Bertz CT molecular complexity index is 1110. The summed E-state index contributed by atoms with van der Waals surface area (Å²) >= 11 is 0. The number of fused-ring (bicyclic) bond motifs is 1. The van der Waals surface area contributed by atoms with Gasteiger partial charge >= 0.3 is 5.97 Å². The zero-order valence-corrected chi connectivity index (χ0v) is 20.7. The number of carbonyl (C=O) groups excluding carboxylic acids is 2. The molecular formula is C29H34N2O5. The van der Waals surface area contributed by atoms with Crippen molar-refractivity contribution in [1.82, 2.24) is 4.90 Å². The van der Waals surface area contributed by atoms with E-state index in [2.05, 4.69) is 16.8 Å². The second kappa shape index (κ2) is 10.8. The molecule has 3 aliphatic rings. The van der Waals surface area contributed by atoms with Gasteiger partial charge < -0.3 is 19.5 Å². The molecular weight excluding hydrogens is 456 g/mol. The number of carbonyl (C=O) groups is 2. The van der Waals surface area contributed by atoms with Gasteiger partial charge in [-0.3, -0.25) is 14.5 Å². The maximum absolute atomic E-state index is 12.7. The molecule has 2 aromatic carbocycles. The maximum Gasteiger partial charge on any atom is 0.313 e. The summed E-state index contributed by atoms with van der Waals surface area (Å²) in [5.41, 5.74) is 3.36. The molecule has 1 saturated carbocycles. The molecule has 2 saturated heterocycles. The van der Waals surface area contributed by atoms with Gasteiger partial charge in [-0.15, -0.1) is 0 Å². The molecule has 1 amide bonds. The summed E-state index contributed by atoms with van der Waals surface area (Å²) in [4.78, 5) is 27.5. The maximum atomic E-state index is 12.7. The predicted molar refractivity (Wildman–Crippen MR) is 137 cm³/mol. The van der Waals surface area contributed by atoms with Crippen molar-refractivity contribution >= 4 is 17.6 Å². The van der Waals surface area contributed by atoms with Crippen molar-refractivity contribution in [2.75, 3.05) is 51.4 Å². The van der Waals surface area contributed by atoms with Gasteiger partial charge in [-0.2, -0.15) is 0 Å². The van der Waals surface area contributed by atoms with Crippen molar-refractivity contribution in [3.8, 4) is 5.75 Å². The molecule has 190 valence electrons. The third kappa shape index (κ3) is 5.63. The van der Waals surface area contributed by atoms with E-state index in [0.717, 1.165) is 67.4 Å². The number of nitrogens with one attached hydrogen (secondary N) is 1. The van der Waals surface area contributed by atoms with Crippen LogP contribution in [0.15, 0.2) is 60.7 Å². The van der Waals surface area contributed by atoms with Gasteiger partial charge in [-0.05, 0) is 54.7 Å². The summed E-state index contributed by atoms with van der Waals surface area (Å²) in [7, 11) is 0. The summed E-state index contributed by atoms with van der Waals surface area (Å²) in [5.74, 6) is 0.806. The van der Waals surface area contributed by atoms with Gasteiger partial charge in [0.2, 0.25) is 5.91 Å². The van der Waals surface area contributed by atoms with Crippen molar-refractivity contribution in [3.63, 3.8) is 0 Å². The first-order valence-electron chi connectivity index (χ1n) is 12.7. The van der Waals surface area contributed by atoms with Gasteiger partial charge in [0.25, 0.3) is 0 Å². The fourth-order valence-corrected chi connectivity index (χ4v) is 5.59. The number of amides is 1. The predicted octanol–water partition coefficient (Wildman–Crippen LogP) is 3.63. The molecule has 1 unspecified atom stereocenters. The smallest absolute Gasteiger partial charge is 0.313 e. The molecule has 2 aromatic rings. The van der Waals surface area contributed by atoms with Crippen LogP contribution in [-0.4, -0.2) is 62.8 Å². The van der Waals surface area contributed by atoms with Crippen molar-refractivity contribution < 1.29 is 23.8 Å². The lowest BCUT2D eigenvalue weighted by molar-refractivity contribution is -0.146. The molecule has 7 nitrogen and oxygen atoms in total. The first-order chi connectivity index (χ1) is 17.5. The fraction of sp³-hybridized carbons (Fsp3) is 0.448. The van der Waals surface area contributed by atoms with Gasteiger partial charge in [0.1, 0.15) is 12.4 Å². The fourth-order valence-electron chi connectivity index (χ4n) is 5.59. The minimum atomic E-state index is -0.475. The van der Waals surface area contributed by atoms with Crippen molar-refractivity contribution in [2.45, 2.75) is 25.7 Å². The van der Waals surface area contributed by atoms with Crippen molar-refractivity contribution in [1.29, 1.82) is 0 Å². The van der Waals surface area contributed by atoms with Crippen LogP contribution in [0.3, 0.4) is 0 Å². The van der Waals surface area contributed by atoms with Gasteiger partial charge in [0.05, 0.1) is 31.7 Å². The first-order valence-corrected chi connectivity index (χ1v) is 12.7. The van der Waals surface area contributed by atoms with E-state index in [4.69, 9.17) is 14.2 Å². The topological polar surface area (TPSA) is 77.1 Å². The number of anilines is 1. The number of esters is 1. The van der Waals surface area contributed by atoms with Crippen LogP contribution in [0.1, 0.15) is 24.0 Å². The number of ether oxygens (including phenoxy) is 3. The largest absolute Gasteiger partial charge is 0.492 e. The zero-order valence-electron chi connectivity index (χ0n) is 20.7. The Morgan fingerprint density at radius 2 is 1.94 bits per heavy atom. The molecule has 1 aliphatic carbocycles. The highest BCUT2D eigenvalue weighted by Crippen LogP contribution is 2.52. The van der Waals surface area contributed by atoms with Crippen LogP contribution in [0, 0.1) is 11.3 Å². The van der Waals surface area contributed by atoms with Crippen LogP contribution in [0.5, 0.6) is 5.75 Å². The van der Waals surface area contributed by atoms with Crippen LogP contribution in [0.4, 0.5) is 5.69 Å². The average Bonchev–Trinajstić information content (AvgIpc) is 3.34. The highest BCUT2D eigenvalue weighted by Gasteiger charge is 2.55. The summed E-state index contributed by atoms with van der Waals surface area (Å²) in [6, 6.07) is 15.5. The SMILES string of the molecule is C=C1CC2COC(=O)[C@]2(Cc2ccc(NC(=O)Cc3cccc(OCCN4CCOCC4)c3)cc2)C1. The molecule has 36 heavy (non-hydrogen) atoms. The lowest BCUT2D eigenvalue weighted by atomic mass is 9.75. The Morgan fingerprint density at radius 1 is 1.14 bits per heavy atom. The monoisotopic (exact) mass is 490 g/mol. The van der Waals surface area contributed by atoms with Gasteiger partial charge in [0.15, 0.2) is 0 Å². The number of rotatable bonds is 9. The number of morpholine rings is 1. The van der Waals surface area contributed by atoms with Gasteiger partial charge in [0, 0.05) is 31.2 Å². The molecule has 7 heteroatoms. The van der Waals surface area contributed by atoms with E-state index in [1.54, 1.807) is 0 Å². The second-order valence-electron chi connectivity index (χ2n) is 10.1. The molecule has 3 fully saturated rings. The van der Waals surface area contributed by atoms with Crippen molar-refractivity contribution in [2.24, 2.45) is 11.3 Å². The lowest BCUT2D eigenvalue weighted by Gasteiger charge is -2.26. The molecule has 2 aliphatic heterocycles. The quantitative estimate of drug-likeness (QED) is 0.427. The first kappa shape index (κ1) is 24.5. The van der Waals surface area contributed by atoms with Gasteiger partial charge in [-0.25, -0.2) is 0 Å². The zero-order chi connectivity index (χ0) is 25.0. The summed E-state index contributed by atoms with van der Waals surface area (Å²) < 4.78 is 16.7. The van der Waals surface area contributed by atoms with E-state index >= 15 is 0 Å². The van der Waals surface area contributed by atoms with Crippen LogP contribution in [-0.2, 0) is 31.9 Å². The van der Waals surface area contributed by atoms with Crippen LogP contribution >= 0.6 is 0 Å². The van der Waals surface area contributed by atoms with E-state index in [1.807, 2.05) is 48.5 Å². The van der Waals surface area contributed by atoms with E-state index in [0.29, 0.717) is 26.1 Å². The molecule has 2 atom stereocenters. The number of hydrogen-bond acceptors (Lipinski definition) is 6. The van der Waals surface area contributed by atoms with E-state index in [9.17, 15) is 9.59 Å². The average molecular weight is 491 g/mol. The summed E-state index contributed by atoms with van der Waals surface area (Å²) in [5, 5.41) is 2.97. The van der Waals surface area contributed by atoms with Crippen molar-refractivity contribution in [3.05, 3.63) is 71.8 Å². The molecule has 2 heterocycles. The highest BCUT2D eigenvalue weighted by molar-refractivity contribution is 5.92. The Kier molecular flexibility index (Phi) is 7.39. The van der Waals surface area contributed by atoms with E-state index < -0.39 is 5.41 Å². The number of benzene rings is 2. The number of allylic oxidation sites excluding steroid dienone is 1. The molecule has 0 spiro atoms. The normalized spacial score (nSPS) is 23.8. The minimum Gasteiger partial charge on any atom is -0.492 e. The second-order valence-corrected chi connectivity index (χ2v) is 10.1. The summed E-state index contributed by atoms with van der Waals surface area (Å²) in [6.07, 6.45) is 2.47. The molecule has 1 N–H and O–H groups in total. The lowest BCUT2D eigenvalue weighted by Crippen LogP contribution is -2.38. The minimum absolute atomic E-state index is 0.0849. The highest BCUT2D eigenvalue weighted by atomic mass is 16.5. The Morgan fingerprint density at radius 3 is 2.75 bits per heavy atom. The number of cyclic esters (lactones) is 1. The third-order valence-electron chi connectivity index (χ3n) is 7.50. The standard InChI is InChI=1S/C29H34N2O5/c1-21-15-24-20-36-28(33)29(24,18-21)19-22-5-7-25(8-6-22)30-27(32)17-23-3-2-4-26(16-23)35-14-11-31-9-12-34-13-10-31/h2-8,16,24H,1,9-15,17-20H2,(H,30,32)/t24?,29-/m0/s1. The number of nitrogens with zero attached hydrogens (tertiary/aromatic N) is 1. The van der Waals surface area contributed by atoms with Crippen LogP contribution < -0.4 is 10.1 Å². The Labute approximate surface area is 212 Å². The van der Waals surface area contributed by atoms with E-state index in [1.165, 1.54) is 0 Å². The summed E-state index contributed by atoms with van der Waals surface area (Å²) in [6.45, 7) is 9.50. The van der Waals surface area contributed by atoms with Gasteiger partial charge in [-0.1, -0.05) is 36.4 Å². The Balaban J connectivity index is 1.12. The molecule has 0 bridgehead atoms. The van der Waals surface area contributed by atoms with Crippen LogP contribution in [0.25, 0.3) is 0 Å². The molecule has 0 aromatic heterocycles. The molecule has 0 radical (unpaired) electrons. The third-order valence-corrected chi connectivity index (χ3v) is 7.50. The Hall–Kier alpha value is -3.16. The molecule has 5 rings (SSSR count). The van der Waals surface area contributed by atoms with Crippen LogP contribution in [0.2, 0.25) is 0 Å².